The first kappa shape index (κ1) is 16.0. The third-order valence-corrected chi connectivity index (χ3v) is 4.63. The molecular weight excluding hydrogens is 296 g/mol. The van der Waals surface area contributed by atoms with E-state index in [1.807, 2.05) is 0 Å². The highest BCUT2D eigenvalue weighted by Gasteiger charge is 2.29. The molecule has 0 radical (unpaired) electrons. The van der Waals surface area contributed by atoms with Crippen molar-refractivity contribution in [3.8, 4) is 0 Å². The number of likely N-dealkylation sites (tertiary alicyclic amines) is 1. The second-order valence-electron chi connectivity index (χ2n) is 6.27. The number of ether oxygens (including phenoxy) is 1. The molecule has 1 atom stereocenters. The minimum atomic E-state index is -0.167. The molecule has 7 heteroatoms. The van der Waals surface area contributed by atoms with Gasteiger partial charge < -0.3 is 19.5 Å². The maximum Gasteiger partial charge on any atom is 0.248 e. The Labute approximate surface area is 136 Å². The number of amides is 2. The van der Waals surface area contributed by atoms with Crippen LogP contribution in [0, 0.1) is 5.92 Å². The number of hydrogen-bond donors (Lipinski definition) is 1. The molecule has 1 aromatic heterocycles. The van der Waals surface area contributed by atoms with Crippen LogP contribution in [0.2, 0.25) is 0 Å². The molecule has 3 heterocycles. The minimum Gasteiger partial charge on any atom is -0.375 e. The number of aryl methyl sites for hydroxylation is 1. The Hall–Kier alpha value is -1.89. The van der Waals surface area contributed by atoms with Gasteiger partial charge in [-0.1, -0.05) is 0 Å². The largest absolute Gasteiger partial charge is 0.375 e. The molecule has 2 aliphatic heterocycles. The van der Waals surface area contributed by atoms with Gasteiger partial charge in [-0.2, -0.15) is 0 Å². The van der Waals surface area contributed by atoms with Gasteiger partial charge in [0, 0.05) is 33.2 Å². The van der Waals surface area contributed by atoms with Crippen molar-refractivity contribution in [2.45, 2.75) is 38.6 Å². The fourth-order valence-corrected chi connectivity index (χ4v) is 3.38. The number of nitrogens with zero attached hydrogens (tertiary/aromatic N) is 3. The van der Waals surface area contributed by atoms with Crippen molar-refractivity contribution in [3.63, 3.8) is 0 Å². The van der Waals surface area contributed by atoms with E-state index in [0.29, 0.717) is 13.1 Å². The van der Waals surface area contributed by atoms with Crippen LogP contribution in [0.4, 0.5) is 5.82 Å². The Morgan fingerprint density at radius 3 is 3.04 bits per heavy atom. The van der Waals surface area contributed by atoms with Gasteiger partial charge in [-0.3, -0.25) is 9.59 Å². The normalized spacial score (nSPS) is 20.9. The summed E-state index contributed by atoms with van der Waals surface area (Å²) < 4.78 is 6.99. The zero-order valence-electron chi connectivity index (χ0n) is 13.6. The summed E-state index contributed by atoms with van der Waals surface area (Å²) in [6, 6.07) is 0. The van der Waals surface area contributed by atoms with Gasteiger partial charge in [-0.25, -0.2) is 4.98 Å². The number of fused-ring (bicyclic) bond motifs is 1. The van der Waals surface area contributed by atoms with Crippen molar-refractivity contribution in [2.75, 3.05) is 32.1 Å². The van der Waals surface area contributed by atoms with Gasteiger partial charge in [-0.15, -0.1) is 0 Å². The predicted octanol–water partition coefficient (Wildman–Crippen LogP) is 1.04. The lowest BCUT2D eigenvalue weighted by molar-refractivity contribution is -0.138. The van der Waals surface area contributed by atoms with E-state index in [1.165, 1.54) is 7.11 Å². The summed E-state index contributed by atoms with van der Waals surface area (Å²) in [4.78, 5) is 30.6. The van der Waals surface area contributed by atoms with Crippen molar-refractivity contribution < 1.29 is 14.3 Å². The van der Waals surface area contributed by atoms with E-state index < -0.39 is 0 Å². The first-order chi connectivity index (χ1) is 11.2. The number of hydrogen-bond acceptors (Lipinski definition) is 4. The van der Waals surface area contributed by atoms with E-state index in [0.717, 1.165) is 50.3 Å². The topological polar surface area (TPSA) is 76.5 Å². The summed E-state index contributed by atoms with van der Waals surface area (Å²) >= 11 is 0. The fourth-order valence-electron chi connectivity index (χ4n) is 3.38. The standard InChI is InChI=1S/C16H24N4O3/c1-23-11-15(21)19-7-4-5-12(10-19)16(22)18-14-9-17-13-6-2-3-8-20(13)14/h9,12H,2-8,10-11H2,1H3,(H,18,22)/t12-/m1/s1. The number of piperidine rings is 1. The molecule has 0 unspecified atom stereocenters. The molecule has 2 aliphatic rings. The van der Waals surface area contributed by atoms with Crippen LogP contribution in [-0.4, -0.2) is 53.1 Å². The quantitative estimate of drug-likeness (QED) is 0.899. The van der Waals surface area contributed by atoms with Crippen LogP contribution in [0.25, 0.3) is 0 Å². The second kappa shape index (κ2) is 7.12. The molecular formula is C16H24N4O3. The Bertz CT molecular complexity index is 584. The molecule has 7 nitrogen and oxygen atoms in total. The summed E-state index contributed by atoms with van der Waals surface area (Å²) in [6.45, 7) is 2.15. The molecule has 1 fully saturated rings. The first-order valence-corrected chi connectivity index (χ1v) is 8.31. The third kappa shape index (κ3) is 3.55. The van der Waals surface area contributed by atoms with Crippen LogP contribution in [0.15, 0.2) is 6.20 Å². The lowest BCUT2D eigenvalue weighted by Crippen LogP contribution is -2.45. The lowest BCUT2D eigenvalue weighted by atomic mass is 9.97. The van der Waals surface area contributed by atoms with E-state index in [-0.39, 0.29) is 24.3 Å². The van der Waals surface area contributed by atoms with Crippen molar-refractivity contribution in [3.05, 3.63) is 12.0 Å². The molecule has 2 amide bonds. The molecule has 1 saturated heterocycles. The zero-order valence-corrected chi connectivity index (χ0v) is 13.6. The monoisotopic (exact) mass is 320 g/mol. The average Bonchev–Trinajstić information content (AvgIpc) is 2.98. The first-order valence-electron chi connectivity index (χ1n) is 8.31. The third-order valence-electron chi connectivity index (χ3n) is 4.63. The summed E-state index contributed by atoms with van der Waals surface area (Å²) in [5.41, 5.74) is 0. The van der Waals surface area contributed by atoms with E-state index in [9.17, 15) is 9.59 Å². The number of aromatic nitrogens is 2. The van der Waals surface area contributed by atoms with E-state index >= 15 is 0 Å². The molecule has 3 rings (SSSR count). The molecule has 0 aliphatic carbocycles. The molecule has 126 valence electrons. The van der Waals surface area contributed by atoms with Gasteiger partial charge in [0.2, 0.25) is 11.8 Å². The number of carbonyl (C=O) groups is 2. The number of carbonyl (C=O) groups excluding carboxylic acids is 2. The highest BCUT2D eigenvalue weighted by atomic mass is 16.5. The van der Waals surface area contributed by atoms with Crippen molar-refractivity contribution in [1.82, 2.24) is 14.5 Å². The second-order valence-corrected chi connectivity index (χ2v) is 6.27. The molecule has 0 bridgehead atoms. The van der Waals surface area contributed by atoms with E-state index in [4.69, 9.17) is 4.74 Å². The minimum absolute atomic E-state index is 0.0202. The number of imidazole rings is 1. The van der Waals surface area contributed by atoms with Gasteiger partial charge >= 0.3 is 0 Å². The van der Waals surface area contributed by atoms with E-state index in [2.05, 4.69) is 14.9 Å². The maximum absolute atomic E-state index is 12.6. The van der Waals surface area contributed by atoms with E-state index in [1.54, 1.807) is 11.1 Å². The number of rotatable bonds is 4. The lowest BCUT2D eigenvalue weighted by Gasteiger charge is -2.32. The molecule has 0 saturated carbocycles. The summed E-state index contributed by atoms with van der Waals surface area (Å²) in [5.74, 6) is 1.59. The van der Waals surface area contributed by atoms with Crippen LogP contribution in [0.3, 0.4) is 0 Å². The van der Waals surface area contributed by atoms with Gasteiger partial charge in [0.1, 0.15) is 18.2 Å². The Morgan fingerprint density at radius 2 is 2.22 bits per heavy atom. The van der Waals surface area contributed by atoms with Gasteiger partial charge in [0.25, 0.3) is 0 Å². The van der Waals surface area contributed by atoms with Crippen LogP contribution in [-0.2, 0) is 27.3 Å². The number of nitrogens with one attached hydrogen (secondary N) is 1. The average molecular weight is 320 g/mol. The van der Waals surface area contributed by atoms with Crippen LogP contribution >= 0.6 is 0 Å². The van der Waals surface area contributed by atoms with Crippen LogP contribution in [0.5, 0.6) is 0 Å². The van der Waals surface area contributed by atoms with Gasteiger partial charge in [0.15, 0.2) is 0 Å². The van der Waals surface area contributed by atoms with Gasteiger partial charge in [0.05, 0.1) is 12.1 Å². The van der Waals surface area contributed by atoms with Crippen LogP contribution in [0.1, 0.15) is 31.5 Å². The summed E-state index contributed by atoms with van der Waals surface area (Å²) in [5, 5.41) is 3.00. The van der Waals surface area contributed by atoms with Gasteiger partial charge in [-0.05, 0) is 25.7 Å². The Balaban J connectivity index is 1.61. The SMILES string of the molecule is COCC(=O)N1CCC[C@@H](C(=O)Nc2cnc3n2CCCC3)C1. The smallest absolute Gasteiger partial charge is 0.248 e. The molecule has 1 N–H and O–H groups in total. The number of methoxy groups -OCH3 is 1. The highest BCUT2D eigenvalue weighted by Crippen LogP contribution is 2.22. The van der Waals surface area contributed by atoms with Crippen molar-refractivity contribution in [1.29, 1.82) is 0 Å². The molecule has 0 spiro atoms. The maximum atomic E-state index is 12.6. The highest BCUT2D eigenvalue weighted by molar-refractivity contribution is 5.92. The Kier molecular flexibility index (Phi) is 4.95. The fraction of sp³-hybridized carbons (Fsp3) is 0.688. The predicted molar refractivity (Wildman–Crippen MR) is 85.0 cm³/mol. The zero-order chi connectivity index (χ0) is 16.2. The van der Waals surface area contributed by atoms with Crippen LogP contribution < -0.4 is 5.32 Å². The molecule has 23 heavy (non-hydrogen) atoms. The summed E-state index contributed by atoms with van der Waals surface area (Å²) in [7, 11) is 1.51. The van der Waals surface area contributed by atoms with Crippen molar-refractivity contribution >= 4 is 17.6 Å². The van der Waals surface area contributed by atoms with Crippen molar-refractivity contribution in [2.24, 2.45) is 5.92 Å². The molecule has 0 aromatic carbocycles. The number of anilines is 1. The molecule has 1 aromatic rings. The Morgan fingerprint density at radius 1 is 1.35 bits per heavy atom. The summed E-state index contributed by atoms with van der Waals surface area (Å²) in [6.07, 6.45) is 6.65.